The van der Waals surface area contributed by atoms with Crippen molar-refractivity contribution in [2.45, 2.75) is 32.9 Å². The van der Waals surface area contributed by atoms with Crippen molar-refractivity contribution in [2.75, 3.05) is 5.73 Å². The summed E-state index contributed by atoms with van der Waals surface area (Å²) in [5.41, 5.74) is 5.18. The summed E-state index contributed by atoms with van der Waals surface area (Å²) in [4.78, 5) is 0. The lowest BCUT2D eigenvalue weighted by molar-refractivity contribution is 0.0885. The molecule has 0 unspecified atom stereocenters. The van der Waals surface area contributed by atoms with Gasteiger partial charge >= 0.3 is 0 Å². The maximum Gasteiger partial charge on any atom is 0.177 e. The van der Waals surface area contributed by atoms with Crippen LogP contribution in [0.5, 0.6) is 5.75 Å². The summed E-state index contributed by atoms with van der Waals surface area (Å²) in [7, 11) is 0. The predicted octanol–water partition coefficient (Wildman–Crippen LogP) is 4.79. The minimum absolute atomic E-state index is 0.0373. The van der Waals surface area contributed by atoms with Crippen LogP contribution < -0.4 is 10.5 Å². The van der Waals surface area contributed by atoms with Crippen molar-refractivity contribution in [3.8, 4) is 17.1 Å². The van der Waals surface area contributed by atoms with Crippen molar-refractivity contribution in [1.82, 2.24) is 14.8 Å². The number of nitrogens with zero attached hydrogens (tertiary/aromatic N) is 3. The molecule has 0 aliphatic heterocycles. The van der Waals surface area contributed by atoms with Crippen LogP contribution in [-0.4, -0.2) is 14.8 Å². The molecule has 3 aromatic rings. The van der Waals surface area contributed by atoms with E-state index in [1.54, 1.807) is 30.5 Å². The molecule has 0 fully saturated rings. The number of nitrogens with two attached hydrogens (primary N) is 1. The lowest BCUT2D eigenvalue weighted by Gasteiger charge is -2.26. The molecular formula is C19H19ClF2N4O. The van der Waals surface area contributed by atoms with E-state index >= 15 is 0 Å². The summed E-state index contributed by atoms with van der Waals surface area (Å²) in [5.74, 6) is -0.256. The second kappa shape index (κ2) is 7.15. The third-order valence-electron chi connectivity index (χ3n) is 4.10. The summed E-state index contributed by atoms with van der Waals surface area (Å²) in [6.07, 6.45) is 0. The highest BCUT2D eigenvalue weighted by Crippen LogP contribution is 2.32. The van der Waals surface area contributed by atoms with E-state index in [9.17, 15) is 8.78 Å². The van der Waals surface area contributed by atoms with Gasteiger partial charge < -0.3 is 15.0 Å². The Morgan fingerprint density at radius 2 is 1.85 bits per heavy atom. The van der Waals surface area contributed by atoms with Crippen LogP contribution in [0.4, 0.5) is 14.5 Å². The molecule has 0 spiro atoms. The molecule has 5 nitrogen and oxygen atoms in total. The van der Waals surface area contributed by atoms with E-state index in [4.69, 9.17) is 22.1 Å². The molecule has 0 aliphatic carbocycles. The summed E-state index contributed by atoms with van der Waals surface area (Å²) in [6.45, 7) is 5.82. The maximum absolute atomic E-state index is 14.3. The number of ether oxygens (including phenoxy) is 1. The molecule has 0 saturated heterocycles. The lowest BCUT2D eigenvalue weighted by atomic mass is 10.1. The molecule has 142 valence electrons. The monoisotopic (exact) mass is 392 g/mol. The Bertz CT molecular complexity index is 988. The van der Waals surface area contributed by atoms with Gasteiger partial charge in [0.25, 0.3) is 0 Å². The van der Waals surface area contributed by atoms with Crippen LogP contribution in [0.2, 0.25) is 5.02 Å². The first-order chi connectivity index (χ1) is 12.7. The Morgan fingerprint density at radius 1 is 1.11 bits per heavy atom. The number of rotatable bonds is 5. The van der Waals surface area contributed by atoms with Crippen molar-refractivity contribution in [3.63, 3.8) is 0 Å². The molecule has 0 amide bonds. The van der Waals surface area contributed by atoms with Crippen LogP contribution >= 0.6 is 11.6 Å². The van der Waals surface area contributed by atoms with E-state index in [0.717, 1.165) is 0 Å². The van der Waals surface area contributed by atoms with Crippen LogP contribution in [0.1, 0.15) is 26.6 Å². The Morgan fingerprint density at radius 3 is 2.48 bits per heavy atom. The van der Waals surface area contributed by atoms with Crippen molar-refractivity contribution in [2.24, 2.45) is 0 Å². The highest BCUT2D eigenvalue weighted by molar-refractivity contribution is 6.30. The highest BCUT2D eigenvalue weighted by Gasteiger charge is 2.32. The third kappa shape index (κ3) is 3.73. The van der Waals surface area contributed by atoms with Crippen molar-refractivity contribution in [3.05, 3.63) is 58.9 Å². The number of halogens is 3. The highest BCUT2D eigenvalue weighted by atomic mass is 35.5. The standard InChI is InChI=1S/C19H19ClF2N4O/c1-4-26-17(13-7-6-12(23)10-14(13)21)24-25-18(26)19(2,3)27-16-8-5-11(20)9-15(16)22/h5-10H,4,23H2,1-3H3. The smallest absolute Gasteiger partial charge is 0.177 e. The first-order valence-corrected chi connectivity index (χ1v) is 8.74. The molecule has 1 aromatic heterocycles. The third-order valence-corrected chi connectivity index (χ3v) is 4.33. The van der Waals surface area contributed by atoms with E-state index in [1.165, 1.54) is 24.3 Å². The number of benzene rings is 2. The van der Waals surface area contributed by atoms with Crippen LogP contribution in [0.15, 0.2) is 36.4 Å². The van der Waals surface area contributed by atoms with Crippen LogP contribution in [-0.2, 0) is 12.1 Å². The molecule has 27 heavy (non-hydrogen) atoms. The molecule has 3 rings (SSSR count). The Kier molecular flexibility index (Phi) is 5.06. The predicted molar refractivity (Wildman–Crippen MR) is 101 cm³/mol. The quantitative estimate of drug-likeness (QED) is 0.634. The summed E-state index contributed by atoms with van der Waals surface area (Å²) in [5, 5.41) is 8.59. The first-order valence-electron chi connectivity index (χ1n) is 8.36. The summed E-state index contributed by atoms with van der Waals surface area (Å²) >= 11 is 5.78. The molecule has 1 heterocycles. The topological polar surface area (TPSA) is 66.0 Å². The molecule has 0 radical (unpaired) electrons. The second-order valence-corrected chi connectivity index (χ2v) is 6.95. The zero-order valence-electron chi connectivity index (χ0n) is 15.1. The van der Waals surface area contributed by atoms with Gasteiger partial charge in [0.1, 0.15) is 5.82 Å². The minimum Gasteiger partial charge on any atom is -0.477 e. The maximum atomic E-state index is 14.3. The van der Waals surface area contributed by atoms with Gasteiger partial charge in [0.2, 0.25) is 0 Å². The summed E-state index contributed by atoms with van der Waals surface area (Å²) < 4.78 is 36.0. The molecule has 0 bridgehead atoms. The largest absolute Gasteiger partial charge is 0.477 e. The number of nitrogen functional groups attached to an aromatic ring is 1. The number of aromatic nitrogens is 3. The second-order valence-electron chi connectivity index (χ2n) is 6.52. The van der Waals surface area contributed by atoms with Gasteiger partial charge in [-0.05, 0) is 57.2 Å². The summed E-state index contributed by atoms with van der Waals surface area (Å²) in [6, 6.07) is 8.54. The first kappa shape index (κ1) is 19.1. The zero-order chi connectivity index (χ0) is 19.8. The van der Waals surface area contributed by atoms with Crippen LogP contribution in [0, 0.1) is 11.6 Å². The van der Waals surface area contributed by atoms with E-state index < -0.39 is 17.2 Å². The van der Waals surface area contributed by atoms with Gasteiger partial charge in [0, 0.05) is 17.3 Å². The molecule has 2 aromatic carbocycles. The SMILES string of the molecule is CCn1c(-c2ccc(N)cc2F)nnc1C(C)(C)Oc1ccc(Cl)cc1F. The Labute approximate surface area is 160 Å². The van der Waals surface area contributed by atoms with Crippen molar-refractivity contribution < 1.29 is 13.5 Å². The average molecular weight is 393 g/mol. The molecule has 8 heteroatoms. The zero-order valence-corrected chi connectivity index (χ0v) is 15.9. The normalized spacial score (nSPS) is 11.6. The minimum atomic E-state index is -1.03. The van der Waals surface area contributed by atoms with E-state index in [-0.39, 0.29) is 16.3 Å². The fourth-order valence-electron chi connectivity index (χ4n) is 2.84. The van der Waals surface area contributed by atoms with Gasteiger partial charge in [-0.3, -0.25) is 0 Å². The fourth-order valence-corrected chi connectivity index (χ4v) is 3.00. The average Bonchev–Trinajstić information content (AvgIpc) is 3.02. The van der Waals surface area contributed by atoms with Crippen molar-refractivity contribution in [1.29, 1.82) is 0 Å². The molecule has 0 aliphatic rings. The number of anilines is 1. The van der Waals surface area contributed by atoms with E-state index in [1.807, 2.05) is 6.92 Å². The number of hydrogen-bond acceptors (Lipinski definition) is 4. The van der Waals surface area contributed by atoms with Crippen LogP contribution in [0.3, 0.4) is 0 Å². The van der Waals surface area contributed by atoms with Crippen LogP contribution in [0.25, 0.3) is 11.4 Å². The van der Waals surface area contributed by atoms with Gasteiger partial charge in [-0.1, -0.05) is 11.6 Å². The van der Waals surface area contributed by atoms with Gasteiger partial charge in [0.05, 0.1) is 5.56 Å². The molecule has 2 N–H and O–H groups in total. The van der Waals surface area contributed by atoms with Gasteiger partial charge in [-0.2, -0.15) is 0 Å². The van der Waals surface area contributed by atoms with Gasteiger partial charge in [-0.25, -0.2) is 8.78 Å². The lowest BCUT2D eigenvalue weighted by Crippen LogP contribution is -2.30. The Balaban J connectivity index is 2.02. The van der Waals surface area contributed by atoms with E-state index in [2.05, 4.69) is 10.2 Å². The Hall–Kier alpha value is -2.67. The fraction of sp³-hybridized carbons (Fsp3) is 0.263. The molecule has 0 saturated carbocycles. The van der Waals surface area contributed by atoms with Crippen molar-refractivity contribution >= 4 is 17.3 Å². The molecular weight excluding hydrogens is 374 g/mol. The number of hydrogen-bond donors (Lipinski definition) is 1. The van der Waals surface area contributed by atoms with Gasteiger partial charge in [-0.15, -0.1) is 10.2 Å². The van der Waals surface area contributed by atoms with Gasteiger partial charge in [0.15, 0.2) is 28.8 Å². The van der Waals surface area contributed by atoms with E-state index in [0.29, 0.717) is 23.9 Å². The molecule has 0 atom stereocenters.